The first-order valence-corrected chi connectivity index (χ1v) is 8.65. The van der Waals surface area contributed by atoms with E-state index in [4.69, 9.17) is 0 Å². The molecule has 3 aromatic rings. The average molecular weight is 349 g/mol. The van der Waals surface area contributed by atoms with E-state index in [0.29, 0.717) is 0 Å². The Morgan fingerprint density at radius 2 is 1.73 bits per heavy atom. The van der Waals surface area contributed by atoms with Crippen LogP contribution in [0.25, 0.3) is 11.1 Å². The number of carbonyl (C=O) groups is 1. The quantitative estimate of drug-likeness (QED) is 0.640. The largest absolute Gasteiger partial charge is 0.387 e. The smallest absolute Gasteiger partial charge is 0.224 e. The molecule has 134 valence electrons. The zero-order valence-corrected chi connectivity index (χ0v) is 15.0. The third kappa shape index (κ3) is 4.18. The molecule has 0 saturated carbocycles. The topological polar surface area (TPSA) is 78.0 Å². The molecule has 0 bridgehead atoms. The number of rotatable bonds is 6. The lowest BCUT2D eigenvalue weighted by molar-refractivity contribution is -0.120. The summed E-state index contributed by atoms with van der Waals surface area (Å²) in [5.74, 6) is -0.127. The molecule has 0 aliphatic carbocycles. The summed E-state index contributed by atoms with van der Waals surface area (Å²) in [7, 11) is 0. The Kier molecular flexibility index (Phi) is 5.49. The fourth-order valence-electron chi connectivity index (χ4n) is 2.91. The number of hydrogen-bond donors (Lipinski definition) is 3. The maximum Gasteiger partial charge on any atom is 0.224 e. The van der Waals surface area contributed by atoms with E-state index in [-0.39, 0.29) is 18.9 Å². The van der Waals surface area contributed by atoms with Gasteiger partial charge in [-0.05, 0) is 30.5 Å². The first-order chi connectivity index (χ1) is 12.5. The second-order valence-corrected chi connectivity index (χ2v) is 6.40. The molecule has 5 heteroatoms. The van der Waals surface area contributed by atoms with Gasteiger partial charge in [-0.3, -0.25) is 9.89 Å². The molecule has 1 amide bonds. The summed E-state index contributed by atoms with van der Waals surface area (Å²) >= 11 is 0. The van der Waals surface area contributed by atoms with Gasteiger partial charge in [0.1, 0.15) is 0 Å². The molecule has 0 saturated heterocycles. The molecule has 0 fully saturated rings. The molecule has 26 heavy (non-hydrogen) atoms. The number of aromatic amines is 1. The number of amides is 1. The van der Waals surface area contributed by atoms with E-state index in [1.807, 2.05) is 68.4 Å². The third-order valence-electron chi connectivity index (χ3n) is 4.51. The van der Waals surface area contributed by atoms with Crippen molar-refractivity contribution in [1.82, 2.24) is 15.5 Å². The second kappa shape index (κ2) is 7.97. The van der Waals surface area contributed by atoms with E-state index in [0.717, 1.165) is 33.6 Å². The van der Waals surface area contributed by atoms with Gasteiger partial charge in [-0.1, -0.05) is 54.6 Å². The average Bonchev–Trinajstić information content (AvgIpc) is 2.99. The van der Waals surface area contributed by atoms with Gasteiger partial charge in [0, 0.05) is 17.8 Å². The lowest BCUT2D eigenvalue weighted by atomic mass is 10.0. The van der Waals surface area contributed by atoms with Crippen LogP contribution in [-0.2, 0) is 11.2 Å². The van der Waals surface area contributed by atoms with E-state index in [1.54, 1.807) is 0 Å². The number of H-pyrrole nitrogens is 1. The number of carbonyl (C=O) groups excluding carboxylic acids is 1. The lowest BCUT2D eigenvalue weighted by Gasteiger charge is -2.13. The molecule has 2 aromatic carbocycles. The minimum atomic E-state index is -0.740. The van der Waals surface area contributed by atoms with Crippen molar-refractivity contribution in [2.24, 2.45) is 0 Å². The fourth-order valence-corrected chi connectivity index (χ4v) is 2.91. The number of aliphatic hydroxyl groups excluding tert-OH is 1. The molecule has 5 nitrogen and oxygen atoms in total. The van der Waals surface area contributed by atoms with E-state index < -0.39 is 6.10 Å². The molecule has 0 aliphatic rings. The van der Waals surface area contributed by atoms with E-state index in [2.05, 4.69) is 15.5 Å². The summed E-state index contributed by atoms with van der Waals surface area (Å²) in [6, 6.07) is 17.8. The Bertz CT molecular complexity index is 851. The number of benzene rings is 2. The highest BCUT2D eigenvalue weighted by Gasteiger charge is 2.13. The Labute approximate surface area is 153 Å². The van der Waals surface area contributed by atoms with Crippen LogP contribution in [-0.4, -0.2) is 27.8 Å². The highest BCUT2D eigenvalue weighted by atomic mass is 16.3. The van der Waals surface area contributed by atoms with Crippen LogP contribution < -0.4 is 5.32 Å². The summed E-state index contributed by atoms with van der Waals surface area (Å²) in [6.45, 7) is 3.94. The highest BCUT2D eigenvalue weighted by molar-refractivity contribution is 5.79. The first kappa shape index (κ1) is 17.9. The van der Waals surface area contributed by atoms with Gasteiger partial charge in [0.25, 0.3) is 0 Å². The van der Waals surface area contributed by atoms with E-state index >= 15 is 0 Å². The van der Waals surface area contributed by atoms with Crippen LogP contribution in [0.2, 0.25) is 0 Å². The van der Waals surface area contributed by atoms with Gasteiger partial charge in [0.15, 0.2) is 0 Å². The Morgan fingerprint density at radius 3 is 2.35 bits per heavy atom. The van der Waals surface area contributed by atoms with Crippen molar-refractivity contribution >= 4 is 5.91 Å². The molecule has 0 radical (unpaired) electrons. The number of nitrogens with zero attached hydrogens (tertiary/aromatic N) is 1. The van der Waals surface area contributed by atoms with Crippen LogP contribution in [0.15, 0.2) is 54.6 Å². The van der Waals surface area contributed by atoms with Gasteiger partial charge in [0.2, 0.25) is 5.91 Å². The van der Waals surface area contributed by atoms with Crippen LogP contribution in [0.4, 0.5) is 0 Å². The number of hydrogen-bond acceptors (Lipinski definition) is 3. The van der Waals surface area contributed by atoms with E-state index in [9.17, 15) is 9.90 Å². The zero-order chi connectivity index (χ0) is 18.5. The van der Waals surface area contributed by atoms with Gasteiger partial charge in [-0.15, -0.1) is 0 Å². The van der Waals surface area contributed by atoms with Gasteiger partial charge >= 0.3 is 0 Å². The summed E-state index contributed by atoms with van der Waals surface area (Å²) < 4.78 is 0. The molecular weight excluding hydrogens is 326 g/mol. The Hall–Kier alpha value is -2.92. The predicted octanol–water partition coefficient (Wildman–Crippen LogP) is 3.09. The van der Waals surface area contributed by atoms with Crippen LogP contribution in [0.3, 0.4) is 0 Å². The molecule has 0 aliphatic heterocycles. The van der Waals surface area contributed by atoms with E-state index in [1.165, 1.54) is 0 Å². The maximum atomic E-state index is 12.1. The van der Waals surface area contributed by atoms with Crippen molar-refractivity contribution in [2.75, 3.05) is 6.54 Å². The molecule has 1 atom stereocenters. The highest BCUT2D eigenvalue weighted by Crippen LogP contribution is 2.21. The molecule has 1 heterocycles. The summed E-state index contributed by atoms with van der Waals surface area (Å²) in [6.07, 6.45) is -0.483. The predicted molar refractivity (Wildman–Crippen MR) is 102 cm³/mol. The fraction of sp³-hybridized carbons (Fsp3) is 0.238. The zero-order valence-electron chi connectivity index (χ0n) is 15.0. The number of aryl methyl sites for hydroxylation is 2. The monoisotopic (exact) mass is 349 g/mol. The van der Waals surface area contributed by atoms with Crippen molar-refractivity contribution in [1.29, 1.82) is 0 Å². The minimum absolute atomic E-state index is 0.127. The van der Waals surface area contributed by atoms with Gasteiger partial charge in [-0.2, -0.15) is 5.10 Å². The van der Waals surface area contributed by atoms with Crippen molar-refractivity contribution in [3.63, 3.8) is 0 Å². The number of aromatic nitrogens is 2. The second-order valence-electron chi connectivity index (χ2n) is 6.40. The van der Waals surface area contributed by atoms with Gasteiger partial charge < -0.3 is 10.4 Å². The standard InChI is InChI=1S/C21H23N3O2/c1-14-19(15(2)24-23-14)12-21(26)22-13-20(25)18-10-8-17(9-11-18)16-6-4-3-5-7-16/h3-11,20,25H,12-13H2,1-2H3,(H,22,26)(H,23,24). The summed E-state index contributed by atoms with van der Waals surface area (Å²) in [4.78, 5) is 12.1. The molecule has 0 spiro atoms. The molecular formula is C21H23N3O2. The van der Waals surface area contributed by atoms with Crippen molar-refractivity contribution in [2.45, 2.75) is 26.4 Å². The Morgan fingerprint density at radius 1 is 1.08 bits per heavy atom. The first-order valence-electron chi connectivity index (χ1n) is 8.65. The molecule has 3 rings (SSSR count). The minimum Gasteiger partial charge on any atom is -0.387 e. The van der Waals surface area contributed by atoms with Crippen molar-refractivity contribution in [3.8, 4) is 11.1 Å². The van der Waals surface area contributed by atoms with Gasteiger partial charge in [0.05, 0.1) is 18.2 Å². The van der Waals surface area contributed by atoms with Crippen LogP contribution in [0, 0.1) is 13.8 Å². The number of aliphatic hydroxyl groups is 1. The normalized spacial score (nSPS) is 12.0. The maximum absolute atomic E-state index is 12.1. The summed E-state index contributed by atoms with van der Waals surface area (Å²) in [5.41, 5.74) is 5.64. The third-order valence-corrected chi connectivity index (χ3v) is 4.51. The number of nitrogens with one attached hydrogen (secondary N) is 2. The Balaban J connectivity index is 1.56. The van der Waals surface area contributed by atoms with Crippen molar-refractivity contribution in [3.05, 3.63) is 77.1 Å². The van der Waals surface area contributed by atoms with Crippen molar-refractivity contribution < 1.29 is 9.90 Å². The molecule has 1 unspecified atom stereocenters. The summed E-state index contributed by atoms with van der Waals surface area (Å²) in [5, 5.41) is 20.1. The SMILES string of the molecule is Cc1n[nH]c(C)c1CC(=O)NCC(O)c1ccc(-c2ccccc2)cc1. The van der Waals surface area contributed by atoms with Crippen LogP contribution in [0.1, 0.15) is 28.6 Å². The lowest BCUT2D eigenvalue weighted by Crippen LogP contribution is -2.29. The molecule has 3 N–H and O–H groups in total. The van der Waals surface area contributed by atoms with Crippen LogP contribution >= 0.6 is 0 Å². The van der Waals surface area contributed by atoms with Gasteiger partial charge in [-0.25, -0.2) is 0 Å². The molecule has 1 aromatic heterocycles. The van der Waals surface area contributed by atoms with Crippen LogP contribution in [0.5, 0.6) is 0 Å².